The number of amides is 1. The van der Waals surface area contributed by atoms with Gasteiger partial charge in [-0.3, -0.25) is 4.79 Å². The molecule has 3 N–H and O–H groups in total. The van der Waals surface area contributed by atoms with E-state index in [-0.39, 0.29) is 11.3 Å². The Hall–Kier alpha value is -1.88. The van der Waals surface area contributed by atoms with Crippen LogP contribution in [0.3, 0.4) is 0 Å². The minimum atomic E-state index is -0.601. The molecule has 0 spiro atoms. The SMILES string of the molecule is CC(C)(NC(=O)c1cccc(F)c1N)c1ccc(Br)cc1. The summed E-state index contributed by atoms with van der Waals surface area (Å²) < 4.78 is 14.4. The molecule has 0 bridgehead atoms. The highest BCUT2D eigenvalue weighted by molar-refractivity contribution is 9.10. The third-order valence-corrected chi connectivity index (χ3v) is 3.82. The van der Waals surface area contributed by atoms with E-state index in [2.05, 4.69) is 21.2 Å². The van der Waals surface area contributed by atoms with Crippen molar-refractivity contribution in [3.05, 3.63) is 63.9 Å². The van der Waals surface area contributed by atoms with Crippen LogP contribution in [0.4, 0.5) is 10.1 Å². The van der Waals surface area contributed by atoms with Crippen molar-refractivity contribution in [2.24, 2.45) is 0 Å². The van der Waals surface area contributed by atoms with Gasteiger partial charge in [-0.1, -0.05) is 34.1 Å². The molecule has 0 aliphatic rings. The van der Waals surface area contributed by atoms with Crippen molar-refractivity contribution in [3.8, 4) is 0 Å². The van der Waals surface area contributed by atoms with Gasteiger partial charge in [-0.25, -0.2) is 4.39 Å². The summed E-state index contributed by atoms with van der Waals surface area (Å²) in [5.41, 5.74) is 5.96. The number of anilines is 1. The predicted molar refractivity (Wildman–Crippen MR) is 85.4 cm³/mol. The lowest BCUT2D eigenvalue weighted by atomic mass is 9.94. The average Bonchev–Trinajstić information content (AvgIpc) is 2.41. The molecular weight excluding hydrogens is 335 g/mol. The number of hydrogen-bond acceptors (Lipinski definition) is 2. The molecule has 3 nitrogen and oxygen atoms in total. The summed E-state index contributed by atoms with van der Waals surface area (Å²) in [4.78, 5) is 12.3. The van der Waals surface area contributed by atoms with Gasteiger partial charge in [0, 0.05) is 4.47 Å². The van der Waals surface area contributed by atoms with Gasteiger partial charge in [0.2, 0.25) is 0 Å². The van der Waals surface area contributed by atoms with Crippen LogP contribution in [0.2, 0.25) is 0 Å². The Kier molecular flexibility index (Phi) is 4.32. The third kappa shape index (κ3) is 3.42. The Morgan fingerprint density at radius 1 is 1.19 bits per heavy atom. The van der Waals surface area contributed by atoms with E-state index >= 15 is 0 Å². The zero-order chi connectivity index (χ0) is 15.6. The van der Waals surface area contributed by atoms with E-state index in [1.165, 1.54) is 18.2 Å². The van der Waals surface area contributed by atoms with E-state index in [1.54, 1.807) is 0 Å². The summed E-state index contributed by atoms with van der Waals surface area (Å²) in [6.45, 7) is 3.76. The van der Waals surface area contributed by atoms with E-state index in [1.807, 2.05) is 38.1 Å². The van der Waals surface area contributed by atoms with Crippen molar-refractivity contribution in [2.45, 2.75) is 19.4 Å². The van der Waals surface area contributed by atoms with Gasteiger partial charge in [-0.05, 0) is 43.7 Å². The van der Waals surface area contributed by atoms with Crippen LogP contribution in [0.5, 0.6) is 0 Å². The number of hydrogen-bond donors (Lipinski definition) is 2. The number of halogens is 2. The highest BCUT2D eigenvalue weighted by Gasteiger charge is 2.24. The van der Waals surface area contributed by atoms with Crippen LogP contribution in [0, 0.1) is 5.82 Å². The molecule has 2 aromatic carbocycles. The van der Waals surface area contributed by atoms with Gasteiger partial charge in [0.05, 0.1) is 16.8 Å². The second-order valence-electron chi connectivity index (χ2n) is 5.29. The van der Waals surface area contributed by atoms with Crippen LogP contribution >= 0.6 is 15.9 Å². The number of nitrogens with one attached hydrogen (secondary N) is 1. The second kappa shape index (κ2) is 5.85. The molecule has 0 unspecified atom stereocenters. The Balaban J connectivity index is 2.25. The van der Waals surface area contributed by atoms with E-state index < -0.39 is 17.3 Å². The minimum absolute atomic E-state index is 0.137. The lowest BCUT2D eigenvalue weighted by Crippen LogP contribution is -2.41. The molecule has 0 aromatic heterocycles. The highest BCUT2D eigenvalue weighted by atomic mass is 79.9. The molecule has 0 saturated carbocycles. The smallest absolute Gasteiger partial charge is 0.254 e. The van der Waals surface area contributed by atoms with Gasteiger partial charge >= 0.3 is 0 Å². The summed E-state index contributed by atoms with van der Waals surface area (Å²) >= 11 is 3.37. The van der Waals surface area contributed by atoms with Crippen molar-refractivity contribution >= 4 is 27.5 Å². The quantitative estimate of drug-likeness (QED) is 0.826. The zero-order valence-electron chi connectivity index (χ0n) is 11.8. The number of carbonyl (C=O) groups is 1. The molecule has 110 valence electrons. The van der Waals surface area contributed by atoms with Gasteiger partial charge < -0.3 is 11.1 Å². The molecule has 0 heterocycles. The lowest BCUT2D eigenvalue weighted by Gasteiger charge is -2.27. The summed E-state index contributed by atoms with van der Waals surface area (Å²) in [7, 11) is 0. The molecule has 2 rings (SSSR count). The van der Waals surface area contributed by atoms with E-state index in [0.29, 0.717) is 0 Å². The molecule has 5 heteroatoms. The molecule has 21 heavy (non-hydrogen) atoms. The molecule has 0 radical (unpaired) electrons. The van der Waals surface area contributed by atoms with Crippen molar-refractivity contribution in [3.63, 3.8) is 0 Å². The fraction of sp³-hybridized carbons (Fsp3) is 0.188. The first-order valence-electron chi connectivity index (χ1n) is 6.44. The first-order valence-corrected chi connectivity index (χ1v) is 7.23. The van der Waals surface area contributed by atoms with Gasteiger partial charge in [0.25, 0.3) is 5.91 Å². The summed E-state index contributed by atoms with van der Waals surface area (Å²) in [6.07, 6.45) is 0. The van der Waals surface area contributed by atoms with Gasteiger partial charge in [0.15, 0.2) is 0 Å². The lowest BCUT2D eigenvalue weighted by molar-refractivity contribution is 0.0912. The van der Waals surface area contributed by atoms with Gasteiger partial charge in [-0.15, -0.1) is 0 Å². The zero-order valence-corrected chi connectivity index (χ0v) is 13.4. The normalized spacial score (nSPS) is 11.2. The molecule has 0 aliphatic heterocycles. The Bertz CT molecular complexity index is 668. The summed E-state index contributed by atoms with van der Waals surface area (Å²) in [6, 6.07) is 11.8. The first-order chi connectivity index (χ1) is 9.81. The highest BCUT2D eigenvalue weighted by Crippen LogP contribution is 2.24. The maximum absolute atomic E-state index is 13.4. The van der Waals surface area contributed by atoms with Gasteiger partial charge in [-0.2, -0.15) is 0 Å². The monoisotopic (exact) mass is 350 g/mol. The number of nitrogen functional groups attached to an aromatic ring is 1. The summed E-state index contributed by atoms with van der Waals surface area (Å²) in [5, 5.41) is 2.88. The topological polar surface area (TPSA) is 55.1 Å². The Morgan fingerprint density at radius 2 is 1.81 bits per heavy atom. The number of carbonyl (C=O) groups excluding carboxylic acids is 1. The van der Waals surface area contributed by atoms with Crippen molar-refractivity contribution < 1.29 is 9.18 Å². The molecule has 1 amide bonds. The Morgan fingerprint density at radius 3 is 2.43 bits per heavy atom. The average molecular weight is 351 g/mol. The number of nitrogens with two attached hydrogens (primary N) is 1. The van der Waals surface area contributed by atoms with E-state index in [4.69, 9.17) is 5.73 Å². The van der Waals surface area contributed by atoms with Crippen molar-refractivity contribution in [1.82, 2.24) is 5.32 Å². The standard InChI is InChI=1S/C16H16BrFN2O/c1-16(2,10-6-8-11(17)9-7-10)20-15(21)12-4-3-5-13(18)14(12)19/h3-9H,19H2,1-2H3,(H,20,21). The van der Waals surface area contributed by atoms with Crippen molar-refractivity contribution in [2.75, 3.05) is 5.73 Å². The number of benzene rings is 2. The molecular formula is C16H16BrFN2O. The van der Waals surface area contributed by atoms with Crippen LogP contribution in [0.25, 0.3) is 0 Å². The van der Waals surface area contributed by atoms with Crippen LogP contribution < -0.4 is 11.1 Å². The van der Waals surface area contributed by atoms with E-state index in [9.17, 15) is 9.18 Å². The molecule has 0 fully saturated rings. The molecule has 2 aromatic rings. The minimum Gasteiger partial charge on any atom is -0.396 e. The van der Waals surface area contributed by atoms with Gasteiger partial charge in [0.1, 0.15) is 5.82 Å². The fourth-order valence-electron chi connectivity index (χ4n) is 2.02. The molecule has 0 saturated heterocycles. The number of para-hydroxylation sites is 1. The molecule has 0 aliphatic carbocycles. The van der Waals surface area contributed by atoms with Crippen LogP contribution in [-0.4, -0.2) is 5.91 Å². The largest absolute Gasteiger partial charge is 0.396 e. The third-order valence-electron chi connectivity index (χ3n) is 3.29. The number of rotatable bonds is 3. The van der Waals surface area contributed by atoms with Crippen LogP contribution in [0.15, 0.2) is 46.9 Å². The fourth-order valence-corrected chi connectivity index (χ4v) is 2.29. The molecule has 0 atom stereocenters. The van der Waals surface area contributed by atoms with Crippen molar-refractivity contribution in [1.29, 1.82) is 0 Å². The second-order valence-corrected chi connectivity index (χ2v) is 6.20. The maximum Gasteiger partial charge on any atom is 0.254 e. The van der Waals surface area contributed by atoms with E-state index in [0.717, 1.165) is 10.0 Å². The Labute approximate surface area is 131 Å². The van der Waals surface area contributed by atoms with Crippen LogP contribution in [-0.2, 0) is 5.54 Å². The van der Waals surface area contributed by atoms with Crippen LogP contribution in [0.1, 0.15) is 29.8 Å². The summed E-state index contributed by atoms with van der Waals surface area (Å²) in [5.74, 6) is -0.996. The predicted octanol–water partition coefficient (Wildman–Crippen LogP) is 3.84. The first kappa shape index (κ1) is 15.5. The maximum atomic E-state index is 13.4.